The van der Waals surface area contributed by atoms with Crippen LogP contribution in [0, 0.1) is 16.0 Å². The highest BCUT2D eigenvalue weighted by molar-refractivity contribution is 5.85. The first-order valence-electron chi connectivity index (χ1n) is 6.95. The fraction of sp³-hybridized carbons (Fsp3) is 0.571. The standard InChI is InChI=1S/C14H19N3O2.2ClH/c18-17(19)13-3-1-2-12(10-13)14(11-4-5-11)16-8-6-15-7-9-16;;/h1-3,10-11,14-15H,4-9H2;2*1H/t14-;;/m0../s1. The maximum absolute atomic E-state index is 10.9. The minimum absolute atomic E-state index is 0. The topological polar surface area (TPSA) is 58.4 Å². The Kier molecular flexibility index (Phi) is 6.87. The molecule has 2 aliphatic rings. The molecule has 1 heterocycles. The molecule has 0 aromatic heterocycles. The van der Waals surface area contributed by atoms with Gasteiger partial charge in [0.25, 0.3) is 5.69 Å². The third-order valence-corrected chi connectivity index (χ3v) is 4.04. The molecule has 0 unspecified atom stereocenters. The molecule has 1 saturated carbocycles. The Bertz CT molecular complexity index is 477. The second-order valence-corrected chi connectivity index (χ2v) is 5.42. The largest absolute Gasteiger partial charge is 0.314 e. The maximum atomic E-state index is 10.9. The number of nitrogens with one attached hydrogen (secondary N) is 1. The Morgan fingerprint density at radius 1 is 1.24 bits per heavy atom. The summed E-state index contributed by atoms with van der Waals surface area (Å²) in [5, 5.41) is 14.3. The molecule has 2 fully saturated rings. The number of nitro groups is 1. The Morgan fingerprint density at radius 3 is 2.48 bits per heavy atom. The van der Waals surface area contributed by atoms with Gasteiger partial charge >= 0.3 is 0 Å². The third-order valence-electron chi connectivity index (χ3n) is 4.04. The molecule has 118 valence electrons. The monoisotopic (exact) mass is 333 g/mol. The van der Waals surface area contributed by atoms with E-state index in [2.05, 4.69) is 10.2 Å². The van der Waals surface area contributed by atoms with Crippen LogP contribution in [0.5, 0.6) is 0 Å². The number of halogens is 2. The Balaban J connectivity index is 0.00000110. The summed E-state index contributed by atoms with van der Waals surface area (Å²) in [6.07, 6.45) is 2.49. The number of rotatable bonds is 4. The van der Waals surface area contributed by atoms with Crippen LogP contribution in [0.1, 0.15) is 24.4 Å². The van der Waals surface area contributed by atoms with Crippen molar-refractivity contribution in [2.75, 3.05) is 26.2 Å². The Morgan fingerprint density at radius 2 is 1.90 bits per heavy atom. The molecule has 0 bridgehead atoms. The first kappa shape index (κ1) is 18.2. The number of hydrogen-bond donors (Lipinski definition) is 1. The highest BCUT2D eigenvalue weighted by Gasteiger charge is 2.37. The summed E-state index contributed by atoms with van der Waals surface area (Å²) in [6.45, 7) is 4.09. The molecular weight excluding hydrogens is 313 g/mol. The normalized spacial score (nSPS) is 20.0. The molecule has 1 aliphatic heterocycles. The molecule has 1 aliphatic carbocycles. The average Bonchev–Trinajstić information content (AvgIpc) is 3.25. The number of hydrogen-bond acceptors (Lipinski definition) is 4. The van der Waals surface area contributed by atoms with Gasteiger partial charge in [0, 0.05) is 44.4 Å². The molecule has 0 radical (unpaired) electrons. The van der Waals surface area contributed by atoms with Crippen molar-refractivity contribution in [1.29, 1.82) is 0 Å². The molecule has 21 heavy (non-hydrogen) atoms. The number of nitro benzene ring substituents is 1. The van der Waals surface area contributed by atoms with Crippen molar-refractivity contribution in [3.8, 4) is 0 Å². The van der Waals surface area contributed by atoms with Gasteiger partial charge in [-0.2, -0.15) is 0 Å². The average molecular weight is 334 g/mol. The van der Waals surface area contributed by atoms with Gasteiger partial charge in [-0.05, 0) is 24.3 Å². The number of nitrogens with zero attached hydrogens (tertiary/aromatic N) is 2. The summed E-state index contributed by atoms with van der Waals surface area (Å²) in [5.41, 5.74) is 1.32. The molecule has 7 heteroatoms. The van der Waals surface area contributed by atoms with Crippen molar-refractivity contribution in [2.45, 2.75) is 18.9 Å². The molecule has 1 N–H and O–H groups in total. The van der Waals surface area contributed by atoms with Crippen molar-refractivity contribution in [3.63, 3.8) is 0 Å². The summed E-state index contributed by atoms with van der Waals surface area (Å²) in [5.74, 6) is 0.681. The van der Waals surface area contributed by atoms with Crippen LogP contribution >= 0.6 is 24.8 Å². The zero-order valence-electron chi connectivity index (χ0n) is 11.7. The van der Waals surface area contributed by atoms with Crippen LogP contribution in [0.15, 0.2) is 24.3 Å². The highest BCUT2D eigenvalue weighted by atomic mass is 35.5. The summed E-state index contributed by atoms with van der Waals surface area (Å²) in [4.78, 5) is 13.1. The van der Waals surface area contributed by atoms with Crippen molar-refractivity contribution >= 4 is 30.5 Å². The van der Waals surface area contributed by atoms with Crippen LogP contribution in [0.25, 0.3) is 0 Å². The van der Waals surface area contributed by atoms with Gasteiger partial charge in [0.2, 0.25) is 0 Å². The van der Waals surface area contributed by atoms with Crippen molar-refractivity contribution in [3.05, 3.63) is 39.9 Å². The lowest BCUT2D eigenvalue weighted by Crippen LogP contribution is -2.45. The van der Waals surface area contributed by atoms with Gasteiger partial charge in [0.15, 0.2) is 0 Å². The van der Waals surface area contributed by atoms with Gasteiger partial charge in [-0.1, -0.05) is 12.1 Å². The van der Waals surface area contributed by atoms with Crippen LogP contribution < -0.4 is 5.32 Å². The van der Waals surface area contributed by atoms with Gasteiger partial charge in [0.05, 0.1) is 4.92 Å². The molecular formula is C14H21Cl2N3O2. The molecule has 0 amide bonds. The maximum Gasteiger partial charge on any atom is 0.269 e. The minimum Gasteiger partial charge on any atom is -0.314 e. The molecule has 1 saturated heterocycles. The van der Waals surface area contributed by atoms with Crippen molar-refractivity contribution in [1.82, 2.24) is 10.2 Å². The van der Waals surface area contributed by atoms with E-state index in [1.807, 2.05) is 12.1 Å². The summed E-state index contributed by atoms with van der Waals surface area (Å²) in [6, 6.07) is 7.54. The van der Waals surface area contributed by atoms with Gasteiger partial charge in [-0.15, -0.1) is 24.8 Å². The molecule has 1 atom stereocenters. The predicted molar refractivity (Wildman–Crippen MR) is 87.5 cm³/mol. The fourth-order valence-electron chi connectivity index (χ4n) is 2.98. The van der Waals surface area contributed by atoms with Crippen LogP contribution in [0.3, 0.4) is 0 Å². The van der Waals surface area contributed by atoms with E-state index in [9.17, 15) is 10.1 Å². The number of piperazine rings is 1. The number of non-ortho nitro benzene ring substituents is 1. The summed E-state index contributed by atoms with van der Waals surface area (Å²) < 4.78 is 0. The lowest BCUT2D eigenvalue weighted by atomic mass is 9.99. The van der Waals surface area contributed by atoms with E-state index in [1.165, 1.54) is 12.8 Å². The SMILES string of the molecule is Cl.Cl.O=[N+]([O-])c1cccc([C@H](C2CC2)N2CCNCC2)c1. The van der Waals surface area contributed by atoms with E-state index in [4.69, 9.17) is 0 Å². The molecule has 5 nitrogen and oxygen atoms in total. The quantitative estimate of drug-likeness (QED) is 0.679. The highest BCUT2D eigenvalue weighted by Crippen LogP contribution is 2.45. The molecule has 3 rings (SSSR count). The minimum atomic E-state index is -0.300. The number of benzene rings is 1. The van der Waals surface area contributed by atoms with Gasteiger partial charge in [-0.3, -0.25) is 15.0 Å². The van der Waals surface area contributed by atoms with Crippen LogP contribution in [0.2, 0.25) is 0 Å². The Hall–Kier alpha value is -0.880. The fourth-order valence-corrected chi connectivity index (χ4v) is 2.98. The summed E-state index contributed by atoms with van der Waals surface area (Å²) >= 11 is 0. The van der Waals surface area contributed by atoms with E-state index in [-0.39, 0.29) is 35.4 Å². The van der Waals surface area contributed by atoms with E-state index in [1.54, 1.807) is 12.1 Å². The lowest BCUT2D eigenvalue weighted by molar-refractivity contribution is -0.385. The molecule has 1 aromatic rings. The molecule has 0 spiro atoms. The van der Waals surface area contributed by atoms with Gasteiger partial charge < -0.3 is 5.32 Å². The van der Waals surface area contributed by atoms with Gasteiger partial charge in [-0.25, -0.2) is 0 Å². The second-order valence-electron chi connectivity index (χ2n) is 5.42. The first-order valence-corrected chi connectivity index (χ1v) is 6.95. The van der Waals surface area contributed by atoms with Crippen LogP contribution in [-0.4, -0.2) is 36.0 Å². The second kappa shape index (κ2) is 7.94. The lowest BCUT2D eigenvalue weighted by Gasteiger charge is -2.35. The van der Waals surface area contributed by atoms with E-state index in [0.717, 1.165) is 31.7 Å². The van der Waals surface area contributed by atoms with Crippen LogP contribution in [0.4, 0.5) is 5.69 Å². The zero-order valence-corrected chi connectivity index (χ0v) is 13.4. The molecule has 1 aromatic carbocycles. The first-order chi connectivity index (χ1) is 9.25. The van der Waals surface area contributed by atoms with Crippen molar-refractivity contribution < 1.29 is 4.92 Å². The van der Waals surface area contributed by atoms with Gasteiger partial charge in [0.1, 0.15) is 0 Å². The van der Waals surface area contributed by atoms with E-state index < -0.39 is 0 Å². The smallest absolute Gasteiger partial charge is 0.269 e. The zero-order chi connectivity index (χ0) is 13.2. The third kappa shape index (κ3) is 4.30. The van der Waals surface area contributed by atoms with Crippen LogP contribution in [-0.2, 0) is 0 Å². The summed E-state index contributed by atoms with van der Waals surface area (Å²) in [7, 11) is 0. The predicted octanol–water partition coefficient (Wildman–Crippen LogP) is 2.79. The van der Waals surface area contributed by atoms with E-state index >= 15 is 0 Å². The Labute approximate surface area is 137 Å². The van der Waals surface area contributed by atoms with E-state index in [0.29, 0.717) is 12.0 Å². The van der Waals surface area contributed by atoms with Crippen molar-refractivity contribution in [2.24, 2.45) is 5.92 Å².